The first kappa shape index (κ1) is 31.1. The molecule has 0 aliphatic carbocycles. The molecule has 11 nitrogen and oxygen atoms in total. The number of carbonyl (C=O) groups excluding carboxylic acids is 3. The lowest BCUT2D eigenvalue weighted by molar-refractivity contribution is -0.142. The topological polar surface area (TPSA) is 187 Å². The van der Waals surface area contributed by atoms with Crippen LogP contribution in [0.3, 0.4) is 0 Å². The predicted octanol–water partition coefficient (Wildman–Crippen LogP) is 0.757. The number of aliphatic carboxylic acids is 1. The number of aromatic nitrogens is 1. The van der Waals surface area contributed by atoms with Crippen molar-refractivity contribution in [3.8, 4) is 0 Å². The molecule has 0 spiro atoms. The first-order valence-corrected chi connectivity index (χ1v) is 13.9. The standard InChI is InChI=1S/C26H39N5O6S/c1-14(2)11-21(24(34)29-20(26(36)37)9-10-38-4)30-25(35)22(15(3)32)31-23(33)18(27)12-16-13-28-19-8-6-5-7-17(16)19/h5-8,13-15,18,20-22,28,32H,9-12,27H2,1-4H3,(H,29,34)(H,30,35)(H,31,33)(H,36,37). The molecule has 2 aromatic rings. The number of aliphatic hydroxyl groups is 1. The van der Waals surface area contributed by atoms with Gasteiger partial charge in [0.1, 0.15) is 18.1 Å². The quantitative estimate of drug-likeness (QED) is 0.170. The van der Waals surface area contributed by atoms with Gasteiger partial charge >= 0.3 is 5.97 Å². The van der Waals surface area contributed by atoms with Gasteiger partial charge in [-0.05, 0) is 55.7 Å². The molecule has 38 heavy (non-hydrogen) atoms. The molecular formula is C26H39N5O6S. The fourth-order valence-electron chi connectivity index (χ4n) is 4.03. The van der Waals surface area contributed by atoms with E-state index in [1.165, 1.54) is 18.7 Å². The van der Waals surface area contributed by atoms with Crippen molar-refractivity contribution in [1.82, 2.24) is 20.9 Å². The van der Waals surface area contributed by atoms with E-state index < -0.39 is 54.0 Å². The first-order valence-electron chi connectivity index (χ1n) is 12.6. The Morgan fingerprint density at radius 1 is 1.00 bits per heavy atom. The molecule has 5 atom stereocenters. The molecule has 1 heterocycles. The highest BCUT2D eigenvalue weighted by atomic mass is 32.2. The molecule has 8 N–H and O–H groups in total. The number of benzene rings is 1. The van der Waals surface area contributed by atoms with Crippen molar-refractivity contribution < 1.29 is 29.4 Å². The van der Waals surface area contributed by atoms with Crippen LogP contribution in [0.5, 0.6) is 0 Å². The number of carbonyl (C=O) groups is 4. The second-order valence-electron chi connectivity index (χ2n) is 9.77. The Balaban J connectivity index is 2.09. The van der Waals surface area contributed by atoms with Crippen LogP contribution < -0.4 is 21.7 Å². The van der Waals surface area contributed by atoms with Crippen LogP contribution in [0, 0.1) is 5.92 Å². The molecule has 210 valence electrons. The smallest absolute Gasteiger partial charge is 0.326 e. The van der Waals surface area contributed by atoms with Crippen LogP contribution in [0.15, 0.2) is 30.5 Å². The zero-order valence-electron chi connectivity index (χ0n) is 22.2. The van der Waals surface area contributed by atoms with Crippen LogP contribution in [0.4, 0.5) is 0 Å². The van der Waals surface area contributed by atoms with Crippen LogP contribution in [-0.4, -0.2) is 81.2 Å². The molecule has 0 saturated heterocycles. The number of hydrogen-bond acceptors (Lipinski definition) is 7. The lowest BCUT2D eigenvalue weighted by atomic mass is 10.0. The van der Waals surface area contributed by atoms with Crippen molar-refractivity contribution in [3.63, 3.8) is 0 Å². The Morgan fingerprint density at radius 3 is 2.26 bits per heavy atom. The number of H-pyrrole nitrogens is 1. The summed E-state index contributed by atoms with van der Waals surface area (Å²) in [5.74, 6) is -2.70. The number of fused-ring (bicyclic) bond motifs is 1. The summed E-state index contributed by atoms with van der Waals surface area (Å²) in [6.45, 7) is 5.05. The number of nitrogens with two attached hydrogens (primary N) is 1. The fourth-order valence-corrected chi connectivity index (χ4v) is 4.50. The third-order valence-electron chi connectivity index (χ3n) is 6.08. The summed E-state index contributed by atoms with van der Waals surface area (Å²) < 4.78 is 0. The summed E-state index contributed by atoms with van der Waals surface area (Å²) in [6.07, 6.45) is 2.98. The summed E-state index contributed by atoms with van der Waals surface area (Å²) in [4.78, 5) is 53.6. The van der Waals surface area contributed by atoms with Gasteiger partial charge in [-0.3, -0.25) is 14.4 Å². The number of carboxylic acid groups (broad SMARTS) is 1. The number of amides is 3. The largest absolute Gasteiger partial charge is 0.480 e. The fraction of sp³-hybridized carbons (Fsp3) is 0.538. The number of para-hydroxylation sites is 1. The minimum absolute atomic E-state index is 0.00953. The van der Waals surface area contributed by atoms with E-state index in [2.05, 4.69) is 20.9 Å². The van der Waals surface area contributed by atoms with Gasteiger partial charge in [0, 0.05) is 17.1 Å². The van der Waals surface area contributed by atoms with Crippen molar-refractivity contribution >= 4 is 46.4 Å². The van der Waals surface area contributed by atoms with Crippen molar-refractivity contribution in [3.05, 3.63) is 36.0 Å². The van der Waals surface area contributed by atoms with Crippen LogP contribution >= 0.6 is 11.8 Å². The molecule has 0 radical (unpaired) electrons. The van der Waals surface area contributed by atoms with Crippen LogP contribution in [-0.2, 0) is 25.6 Å². The molecule has 3 amide bonds. The van der Waals surface area contributed by atoms with Gasteiger partial charge in [-0.15, -0.1) is 0 Å². The number of carboxylic acids is 1. The van der Waals surface area contributed by atoms with Crippen LogP contribution in [0.2, 0.25) is 0 Å². The van der Waals surface area contributed by atoms with E-state index in [-0.39, 0.29) is 25.2 Å². The molecule has 2 rings (SSSR count). The second-order valence-corrected chi connectivity index (χ2v) is 10.8. The Kier molecular flexibility index (Phi) is 12.1. The normalized spacial score (nSPS) is 15.3. The molecule has 5 unspecified atom stereocenters. The predicted molar refractivity (Wildman–Crippen MR) is 148 cm³/mol. The van der Waals surface area contributed by atoms with Gasteiger partial charge in [0.05, 0.1) is 12.1 Å². The summed E-state index contributed by atoms with van der Waals surface area (Å²) in [6, 6.07) is 3.06. The summed E-state index contributed by atoms with van der Waals surface area (Å²) in [5, 5.41) is 28.2. The summed E-state index contributed by atoms with van der Waals surface area (Å²) in [5.41, 5.74) is 7.87. The highest BCUT2D eigenvalue weighted by Crippen LogP contribution is 2.19. The molecule has 0 fully saturated rings. The number of aliphatic hydroxyl groups excluding tert-OH is 1. The molecule has 12 heteroatoms. The second kappa shape index (κ2) is 14.7. The van der Waals surface area contributed by atoms with Crippen molar-refractivity contribution in [2.24, 2.45) is 11.7 Å². The minimum atomic E-state index is -1.37. The van der Waals surface area contributed by atoms with Crippen LogP contribution in [0.25, 0.3) is 10.9 Å². The highest BCUT2D eigenvalue weighted by Gasteiger charge is 2.32. The third-order valence-corrected chi connectivity index (χ3v) is 6.72. The molecule has 1 aromatic carbocycles. The number of thioether (sulfide) groups is 1. The number of aromatic amines is 1. The van der Waals surface area contributed by atoms with Crippen molar-refractivity contribution in [2.75, 3.05) is 12.0 Å². The molecule has 0 bridgehead atoms. The van der Waals surface area contributed by atoms with E-state index in [9.17, 15) is 29.4 Å². The molecule has 0 aliphatic rings. The van der Waals surface area contributed by atoms with Gasteiger partial charge in [-0.2, -0.15) is 11.8 Å². The van der Waals surface area contributed by atoms with E-state index in [0.29, 0.717) is 5.75 Å². The molecule has 0 aliphatic heterocycles. The number of rotatable bonds is 15. The Morgan fingerprint density at radius 2 is 1.66 bits per heavy atom. The maximum atomic E-state index is 13.1. The average Bonchev–Trinajstić information content (AvgIpc) is 3.26. The summed E-state index contributed by atoms with van der Waals surface area (Å²) in [7, 11) is 0. The van der Waals surface area contributed by atoms with E-state index in [1.54, 1.807) is 6.20 Å². The zero-order chi connectivity index (χ0) is 28.4. The summed E-state index contributed by atoms with van der Waals surface area (Å²) >= 11 is 1.46. The van der Waals surface area contributed by atoms with E-state index in [1.807, 2.05) is 44.4 Å². The maximum absolute atomic E-state index is 13.1. The zero-order valence-corrected chi connectivity index (χ0v) is 23.0. The van der Waals surface area contributed by atoms with Crippen molar-refractivity contribution in [1.29, 1.82) is 0 Å². The van der Waals surface area contributed by atoms with Gasteiger partial charge in [-0.25, -0.2) is 4.79 Å². The van der Waals surface area contributed by atoms with E-state index >= 15 is 0 Å². The minimum Gasteiger partial charge on any atom is -0.480 e. The molecule has 0 saturated carbocycles. The van der Waals surface area contributed by atoms with Gasteiger partial charge in [-0.1, -0.05) is 32.0 Å². The lowest BCUT2D eigenvalue weighted by Crippen LogP contribution is -2.60. The SMILES string of the molecule is CSCCC(NC(=O)C(CC(C)C)NC(=O)C(NC(=O)C(N)Cc1c[nH]c2ccccc12)C(C)O)C(=O)O. The monoisotopic (exact) mass is 549 g/mol. The van der Waals surface area contributed by atoms with Crippen LogP contribution in [0.1, 0.15) is 39.2 Å². The van der Waals surface area contributed by atoms with Gasteiger partial charge in [0.25, 0.3) is 0 Å². The van der Waals surface area contributed by atoms with Crippen molar-refractivity contribution in [2.45, 2.75) is 70.3 Å². The Hall–Kier alpha value is -3.09. The Labute approximate surface area is 226 Å². The highest BCUT2D eigenvalue weighted by molar-refractivity contribution is 7.98. The molecular weight excluding hydrogens is 510 g/mol. The van der Waals surface area contributed by atoms with E-state index in [0.717, 1.165) is 16.5 Å². The molecule has 1 aromatic heterocycles. The maximum Gasteiger partial charge on any atom is 0.326 e. The Bertz CT molecular complexity index is 1100. The van der Waals surface area contributed by atoms with Gasteiger partial charge in [0.2, 0.25) is 17.7 Å². The van der Waals surface area contributed by atoms with Gasteiger partial charge < -0.3 is 36.9 Å². The third kappa shape index (κ3) is 9.03. The average molecular weight is 550 g/mol. The number of hydrogen-bond donors (Lipinski definition) is 7. The first-order chi connectivity index (χ1) is 17.9. The van der Waals surface area contributed by atoms with Gasteiger partial charge in [0.15, 0.2) is 0 Å². The number of nitrogens with one attached hydrogen (secondary N) is 4. The lowest BCUT2D eigenvalue weighted by Gasteiger charge is -2.27. The van der Waals surface area contributed by atoms with E-state index in [4.69, 9.17) is 5.73 Å².